The van der Waals surface area contributed by atoms with Crippen molar-refractivity contribution in [1.82, 2.24) is 9.97 Å². The second-order valence-electron chi connectivity index (χ2n) is 3.27. The standard InChI is InChI=1S/C11H9N3O3/c15-8-3-1-2-7(4-8)13-10-6-12-5-9(14-10)11(16)17/h1-6,15H,(H,13,14)(H,16,17). The van der Waals surface area contributed by atoms with E-state index in [0.29, 0.717) is 11.5 Å². The van der Waals surface area contributed by atoms with Crippen molar-refractivity contribution in [1.29, 1.82) is 0 Å². The number of aromatic carboxylic acids is 1. The lowest BCUT2D eigenvalue weighted by Crippen LogP contribution is -2.03. The van der Waals surface area contributed by atoms with E-state index in [2.05, 4.69) is 15.3 Å². The molecule has 17 heavy (non-hydrogen) atoms. The van der Waals surface area contributed by atoms with Crippen LogP contribution in [0.1, 0.15) is 10.5 Å². The van der Waals surface area contributed by atoms with E-state index in [9.17, 15) is 9.90 Å². The average Bonchev–Trinajstić information content (AvgIpc) is 2.29. The van der Waals surface area contributed by atoms with E-state index >= 15 is 0 Å². The number of hydrogen-bond donors (Lipinski definition) is 3. The number of nitrogens with one attached hydrogen (secondary N) is 1. The maximum absolute atomic E-state index is 10.7. The van der Waals surface area contributed by atoms with Gasteiger partial charge in [0.05, 0.1) is 12.4 Å². The number of carboxylic acid groups (broad SMARTS) is 1. The van der Waals surface area contributed by atoms with Crippen molar-refractivity contribution in [2.24, 2.45) is 0 Å². The van der Waals surface area contributed by atoms with Crippen molar-refractivity contribution in [2.75, 3.05) is 5.32 Å². The zero-order chi connectivity index (χ0) is 12.3. The van der Waals surface area contributed by atoms with Crippen molar-refractivity contribution < 1.29 is 15.0 Å². The Morgan fingerprint density at radius 3 is 2.82 bits per heavy atom. The summed E-state index contributed by atoms with van der Waals surface area (Å²) < 4.78 is 0. The summed E-state index contributed by atoms with van der Waals surface area (Å²) >= 11 is 0. The molecule has 0 spiro atoms. The second-order valence-corrected chi connectivity index (χ2v) is 3.27. The number of aromatic hydroxyl groups is 1. The summed E-state index contributed by atoms with van der Waals surface area (Å²) in [5.74, 6) is -0.732. The summed E-state index contributed by atoms with van der Waals surface area (Å²) in [5, 5.41) is 20.9. The number of carbonyl (C=O) groups is 1. The highest BCUT2D eigenvalue weighted by Crippen LogP contribution is 2.18. The molecule has 0 saturated heterocycles. The van der Waals surface area contributed by atoms with Gasteiger partial charge < -0.3 is 15.5 Å². The quantitative estimate of drug-likeness (QED) is 0.743. The molecule has 1 aromatic carbocycles. The lowest BCUT2D eigenvalue weighted by Gasteiger charge is -2.05. The van der Waals surface area contributed by atoms with Gasteiger partial charge in [-0.1, -0.05) is 6.07 Å². The fraction of sp³-hybridized carbons (Fsp3) is 0. The van der Waals surface area contributed by atoms with Crippen molar-refractivity contribution >= 4 is 17.5 Å². The van der Waals surface area contributed by atoms with Crippen molar-refractivity contribution in [3.8, 4) is 5.75 Å². The average molecular weight is 231 g/mol. The van der Waals surface area contributed by atoms with Gasteiger partial charge >= 0.3 is 5.97 Å². The molecule has 6 nitrogen and oxygen atoms in total. The van der Waals surface area contributed by atoms with Gasteiger partial charge in [-0.3, -0.25) is 4.98 Å². The zero-order valence-electron chi connectivity index (χ0n) is 8.66. The minimum Gasteiger partial charge on any atom is -0.508 e. The maximum Gasteiger partial charge on any atom is 0.356 e. The van der Waals surface area contributed by atoms with E-state index in [4.69, 9.17) is 5.11 Å². The first-order chi connectivity index (χ1) is 8.15. The predicted molar refractivity (Wildman–Crippen MR) is 60.4 cm³/mol. The van der Waals surface area contributed by atoms with Crippen LogP contribution in [0.2, 0.25) is 0 Å². The van der Waals surface area contributed by atoms with E-state index < -0.39 is 5.97 Å². The highest BCUT2D eigenvalue weighted by atomic mass is 16.4. The number of nitrogens with zero attached hydrogens (tertiary/aromatic N) is 2. The van der Waals surface area contributed by atoms with Crippen LogP contribution in [0, 0.1) is 0 Å². The highest BCUT2D eigenvalue weighted by molar-refractivity contribution is 5.85. The maximum atomic E-state index is 10.7. The summed E-state index contributed by atoms with van der Waals surface area (Å²) in [6.45, 7) is 0. The van der Waals surface area contributed by atoms with E-state index in [-0.39, 0.29) is 11.4 Å². The Labute approximate surface area is 96.6 Å². The SMILES string of the molecule is O=C(O)c1cncc(Nc2cccc(O)c2)n1. The van der Waals surface area contributed by atoms with Crippen LogP contribution in [0.5, 0.6) is 5.75 Å². The van der Waals surface area contributed by atoms with E-state index in [1.54, 1.807) is 12.1 Å². The molecule has 0 unspecified atom stereocenters. The van der Waals surface area contributed by atoms with Gasteiger partial charge in [-0.05, 0) is 12.1 Å². The van der Waals surface area contributed by atoms with Gasteiger partial charge in [0.2, 0.25) is 0 Å². The van der Waals surface area contributed by atoms with Crippen molar-refractivity contribution in [3.63, 3.8) is 0 Å². The summed E-state index contributed by atoms with van der Waals surface area (Å²) in [6, 6.07) is 6.40. The molecule has 3 N–H and O–H groups in total. The van der Waals surface area contributed by atoms with E-state index in [0.717, 1.165) is 6.20 Å². The fourth-order valence-corrected chi connectivity index (χ4v) is 1.26. The van der Waals surface area contributed by atoms with Gasteiger partial charge in [0.1, 0.15) is 11.6 Å². The number of carboxylic acids is 1. The van der Waals surface area contributed by atoms with Gasteiger partial charge in [0, 0.05) is 11.8 Å². The third kappa shape index (κ3) is 2.69. The van der Waals surface area contributed by atoms with Crippen LogP contribution in [-0.2, 0) is 0 Å². The molecule has 0 saturated carbocycles. The molecule has 1 heterocycles. The Kier molecular flexibility index (Phi) is 2.87. The smallest absolute Gasteiger partial charge is 0.356 e. The first-order valence-corrected chi connectivity index (χ1v) is 4.76. The highest BCUT2D eigenvalue weighted by Gasteiger charge is 2.06. The Morgan fingerprint density at radius 1 is 1.29 bits per heavy atom. The summed E-state index contributed by atoms with van der Waals surface area (Å²) in [5.41, 5.74) is 0.456. The molecule has 86 valence electrons. The van der Waals surface area contributed by atoms with Crippen molar-refractivity contribution in [3.05, 3.63) is 42.4 Å². The largest absolute Gasteiger partial charge is 0.508 e. The number of anilines is 2. The topological polar surface area (TPSA) is 95.3 Å². The molecule has 2 rings (SSSR count). The molecule has 0 aliphatic carbocycles. The second kappa shape index (κ2) is 4.48. The van der Waals surface area contributed by atoms with Crippen LogP contribution in [0.3, 0.4) is 0 Å². The number of aromatic nitrogens is 2. The van der Waals surface area contributed by atoms with E-state index in [1.807, 2.05) is 0 Å². The zero-order valence-corrected chi connectivity index (χ0v) is 8.66. The van der Waals surface area contributed by atoms with Crippen LogP contribution >= 0.6 is 0 Å². The lowest BCUT2D eigenvalue weighted by atomic mass is 10.3. The van der Waals surface area contributed by atoms with Gasteiger partial charge in [-0.2, -0.15) is 0 Å². The summed E-state index contributed by atoms with van der Waals surface area (Å²) in [4.78, 5) is 18.3. The molecule has 0 aliphatic rings. The summed E-state index contributed by atoms with van der Waals surface area (Å²) in [6.07, 6.45) is 2.56. The minimum absolute atomic E-state index is 0.109. The van der Waals surface area contributed by atoms with Crippen LogP contribution < -0.4 is 5.32 Å². The third-order valence-electron chi connectivity index (χ3n) is 1.97. The van der Waals surface area contributed by atoms with Gasteiger partial charge in [0.25, 0.3) is 0 Å². The molecular formula is C11H9N3O3. The lowest BCUT2D eigenvalue weighted by molar-refractivity contribution is 0.0690. The van der Waals surface area contributed by atoms with Crippen LogP contribution in [0.25, 0.3) is 0 Å². The molecule has 0 fully saturated rings. The number of phenols is 1. The first kappa shape index (κ1) is 10.9. The number of hydrogen-bond acceptors (Lipinski definition) is 5. The van der Waals surface area contributed by atoms with Crippen LogP contribution in [0.4, 0.5) is 11.5 Å². The molecule has 6 heteroatoms. The molecule has 0 aliphatic heterocycles. The first-order valence-electron chi connectivity index (χ1n) is 4.76. The van der Waals surface area contributed by atoms with Crippen LogP contribution in [0.15, 0.2) is 36.7 Å². The molecule has 0 amide bonds. The molecule has 0 atom stereocenters. The molecule has 0 bridgehead atoms. The van der Waals surface area contributed by atoms with Gasteiger partial charge in [-0.25, -0.2) is 9.78 Å². The summed E-state index contributed by atoms with van der Waals surface area (Å²) in [7, 11) is 0. The third-order valence-corrected chi connectivity index (χ3v) is 1.97. The Balaban J connectivity index is 2.24. The molecule has 2 aromatic rings. The van der Waals surface area contributed by atoms with Gasteiger partial charge in [0.15, 0.2) is 5.69 Å². The Bertz CT molecular complexity index is 557. The number of phenolic OH excluding ortho intramolecular Hbond substituents is 1. The monoisotopic (exact) mass is 231 g/mol. The van der Waals surface area contributed by atoms with E-state index in [1.165, 1.54) is 18.3 Å². The van der Waals surface area contributed by atoms with Crippen LogP contribution in [-0.4, -0.2) is 26.2 Å². The fourth-order valence-electron chi connectivity index (χ4n) is 1.26. The molecular weight excluding hydrogens is 222 g/mol. The molecule has 0 radical (unpaired) electrons. The Morgan fingerprint density at radius 2 is 2.12 bits per heavy atom. The minimum atomic E-state index is -1.14. The van der Waals surface area contributed by atoms with Crippen molar-refractivity contribution in [2.45, 2.75) is 0 Å². The van der Waals surface area contributed by atoms with Gasteiger partial charge in [-0.15, -0.1) is 0 Å². The Hall–Kier alpha value is -2.63. The molecule has 1 aromatic heterocycles. The number of rotatable bonds is 3. The normalized spacial score (nSPS) is 9.88. The predicted octanol–water partition coefficient (Wildman–Crippen LogP) is 1.62. The number of benzene rings is 1.